The SMILES string of the molecule is CC(C)(C)OC(=O)C(N)C(C)(C)CC(C)(C)c1ccc(O)cc1. The summed E-state index contributed by atoms with van der Waals surface area (Å²) in [7, 11) is 0. The van der Waals surface area contributed by atoms with Gasteiger partial charge >= 0.3 is 5.97 Å². The summed E-state index contributed by atoms with van der Waals surface area (Å²) in [4.78, 5) is 12.3. The molecule has 0 radical (unpaired) electrons. The summed E-state index contributed by atoms with van der Waals surface area (Å²) < 4.78 is 5.42. The third-order valence-electron chi connectivity index (χ3n) is 4.05. The number of nitrogens with two attached hydrogens (primary N) is 1. The molecule has 0 aliphatic carbocycles. The van der Waals surface area contributed by atoms with Gasteiger partial charge in [0.2, 0.25) is 0 Å². The van der Waals surface area contributed by atoms with Crippen molar-refractivity contribution in [3.05, 3.63) is 29.8 Å². The van der Waals surface area contributed by atoms with Crippen molar-refractivity contribution in [1.82, 2.24) is 0 Å². The van der Waals surface area contributed by atoms with Crippen LogP contribution < -0.4 is 5.73 Å². The molecule has 0 spiro atoms. The van der Waals surface area contributed by atoms with Gasteiger partial charge in [0.25, 0.3) is 0 Å². The Bertz CT molecular complexity index is 539. The van der Waals surface area contributed by atoms with E-state index in [-0.39, 0.29) is 17.1 Å². The summed E-state index contributed by atoms with van der Waals surface area (Å²) in [6.07, 6.45) is 0.713. The molecule has 0 saturated heterocycles. The normalized spacial score (nSPS) is 14.4. The summed E-state index contributed by atoms with van der Waals surface area (Å²) in [6.45, 7) is 13.7. The third-order valence-corrected chi connectivity index (χ3v) is 4.05. The van der Waals surface area contributed by atoms with E-state index in [0.717, 1.165) is 5.56 Å². The molecule has 1 atom stereocenters. The second-order valence-corrected chi connectivity index (χ2v) is 8.61. The van der Waals surface area contributed by atoms with E-state index in [0.29, 0.717) is 6.42 Å². The molecule has 1 unspecified atom stereocenters. The molecular formula is C19H31NO3. The van der Waals surface area contributed by atoms with Gasteiger partial charge in [-0.2, -0.15) is 0 Å². The first-order chi connectivity index (χ1) is 10.2. The van der Waals surface area contributed by atoms with Gasteiger partial charge in [-0.15, -0.1) is 0 Å². The van der Waals surface area contributed by atoms with Crippen LogP contribution in [0.15, 0.2) is 24.3 Å². The first-order valence-corrected chi connectivity index (χ1v) is 8.03. The Morgan fingerprint density at radius 2 is 1.57 bits per heavy atom. The Morgan fingerprint density at radius 1 is 1.09 bits per heavy atom. The molecule has 0 saturated carbocycles. The smallest absolute Gasteiger partial charge is 0.323 e. The minimum atomic E-state index is -0.696. The van der Waals surface area contributed by atoms with Crippen molar-refractivity contribution < 1.29 is 14.6 Å². The summed E-state index contributed by atoms with van der Waals surface area (Å²) in [6, 6.07) is 6.48. The maximum Gasteiger partial charge on any atom is 0.323 e. The average molecular weight is 321 g/mol. The number of hydrogen-bond acceptors (Lipinski definition) is 4. The van der Waals surface area contributed by atoms with Crippen molar-refractivity contribution in [3.8, 4) is 5.75 Å². The molecule has 4 heteroatoms. The predicted octanol–water partition coefficient (Wildman–Crippen LogP) is 3.76. The van der Waals surface area contributed by atoms with Gasteiger partial charge in [0.05, 0.1) is 0 Å². The van der Waals surface area contributed by atoms with E-state index in [1.54, 1.807) is 12.1 Å². The maximum atomic E-state index is 12.3. The van der Waals surface area contributed by atoms with Crippen molar-refractivity contribution in [2.24, 2.45) is 11.1 Å². The van der Waals surface area contributed by atoms with Crippen LogP contribution in [0.3, 0.4) is 0 Å². The molecule has 1 rings (SSSR count). The summed E-state index contributed by atoms with van der Waals surface area (Å²) in [5.74, 6) is -0.127. The fraction of sp³-hybridized carbons (Fsp3) is 0.632. The summed E-state index contributed by atoms with van der Waals surface area (Å²) in [5, 5.41) is 9.44. The second-order valence-electron chi connectivity index (χ2n) is 8.61. The number of carbonyl (C=O) groups excluding carboxylic acids is 1. The number of hydrogen-bond donors (Lipinski definition) is 2. The van der Waals surface area contributed by atoms with Gasteiger partial charge < -0.3 is 15.6 Å². The number of rotatable bonds is 5. The number of ether oxygens (including phenoxy) is 1. The lowest BCUT2D eigenvalue weighted by atomic mass is 9.68. The zero-order valence-corrected chi connectivity index (χ0v) is 15.4. The van der Waals surface area contributed by atoms with Crippen LogP contribution in [0.25, 0.3) is 0 Å². The Hall–Kier alpha value is -1.55. The van der Waals surface area contributed by atoms with Crippen LogP contribution in [0.5, 0.6) is 5.75 Å². The largest absolute Gasteiger partial charge is 0.508 e. The minimum Gasteiger partial charge on any atom is -0.508 e. The Balaban J connectivity index is 2.91. The van der Waals surface area contributed by atoms with Gasteiger partial charge in [-0.1, -0.05) is 39.8 Å². The number of phenols is 1. The summed E-state index contributed by atoms with van der Waals surface area (Å²) >= 11 is 0. The third kappa shape index (κ3) is 5.54. The molecule has 3 N–H and O–H groups in total. The lowest BCUT2D eigenvalue weighted by Gasteiger charge is -2.39. The standard InChI is InChI=1S/C19H31NO3/c1-17(2,3)23-16(22)15(20)19(6,7)12-18(4,5)13-8-10-14(21)11-9-13/h8-11,15,21H,12,20H2,1-7H3. The minimum absolute atomic E-state index is 0.184. The van der Waals surface area contributed by atoms with Crippen molar-refractivity contribution in [2.75, 3.05) is 0 Å². The lowest BCUT2D eigenvalue weighted by Crippen LogP contribution is -2.49. The number of carbonyl (C=O) groups is 1. The zero-order chi connectivity index (χ0) is 18.1. The number of phenolic OH excluding ortho intramolecular Hbond substituents is 1. The molecule has 23 heavy (non-hydrogen) atoms. The van der Waals surface area contributed by atoms with Gasteiger partial charge in [0.15, 0.2) is 0 Å². The van der Waals surface area contributed by atoms with Crippen LogP contribution in [0.2, 0.25) is 0 Å². The van der Waals surface area contributed by atoms with Crippen LogP contribution in [-0.4, -0.2) is 22.7 Å². The molecule has 1 aromatic rings. The average Bonchev–Trinajstić information content (AvgIpc) is 2.35. The van der Waals surface area contributed by atoms with Crippen LogP contribution in [0.4, 0.5) is 0 Å². The highest BCUT2D eigenvalue weighted by Gasteiger charge is 2.39. The first kappa shape index (κ1) is 19.5. The van der Waals surface area contributed by atoms with E-state index in [2.05, 4.69) is 13.8 Å². The Morgan fingerprint density at radius 3 is 2.00 bits per heavy atom. The number of aromatic hydroxyl groups is 1. The molecule has 4 nitrogen and oxygen atoms in total. The zero-order valence-electron chi connectivity index (χ0n) is 15.4. The van der Waals surface area contributed by atoms with Gasteiger partial charge in [-0.25, -0.2) is 0 Å². The second kappa shape index (κ2) is 6.52. The molecule has 0 aliphatic heterocycles. The lowest BCUT2D eigenvalue weighted by molar-refractivity contribution is -0.159. The van der Waals surface area contributed by atoms with E-state index < -0.39 is 17.1 Å². The molecule has 0 heterocycles. The maximum absolute atomic E-state index is 12.3. The van der Waals surface area contributed by atoms with Gasteiger partial charge in [0, 0.05) is 0 Å². The molecule has 0 bridgehead atoms. The molecule has 1 aromatic carbocycles. The highest BCUT2D eigenvalue weighted by molar-refractivity contribution is 5.77. The van der Waals surface area contributed by atoms with Gasteiger partial charge in [-0.3, -0.25) is 4.79 Å². The van der Waals surface area contributed by atoms with Crippen LogP contribution in [0, 0.1) is 5.41 Å². The van der Waals surface area contributed by atoms with E-state index in [9.17, 15) is 9.90 Å². The predicted molar refractivity (Wildman–Crippen MR) is 93.4 cm³/mol. The Kier molecular flexibility index (Phi) is 5.53. The number of benzene rings is 1. The molecular weight excluding hydrogens is 290 g/mol. The highest BCUT2D eigenvalue weighted by Crippen LogP contribution is 2.39. The van der Waals surface area contributed by atoms with E-state index in [1.165, 1.54) is 0 Å². The van der Waals surface area contributed by atoms with Crippen molar-refractivity contribution in [1.29, 1.82) is 0 Å². The van der Waals surface area contributed by atoms with Crippen LogP contribution in [0.1, 0.15) is 60.5 Å². The van der Waals surface area contributed by atoms with E-state index >= 15 is 0 Å². The van der Waals surface area contributed by atoms with Crippen molar-refractivity contribution >= 4 is 5.97 Å². The van der Waals surface area contributed by atoms with Gasteiger partial charge in [0.1, 0.15) is 17.4 Å². The Labute approximate surface area is 140 Å². The monoisotopic (exact) mass is 321 g/mol. The molecule has 0 amide bonds. The quantitative estimate of drug-likeness (QED) is 0.810. The highest BCUT2D eigenvalue weighted by atomic mass is 16.6. The fourth-order valence-electron chi connectivity index (χ4n) is 2.95. The molecule has 130 valence electrons. The topological polar surface area (TPSA) is 72.5 Å². The van der Waals surface area contributed by atoms with Crippen LogP contribution >= 0.6 is 0 Å². The fourth-order valence-corrected chi connectivity index (χ4v) is 2.95. The molecule has 0 aliphatic rings. The van der Waals surface area contributed by atoms with Crippen LogP contribution in [-0.2, 0) is 14.9 Å². The van der Waals surface area contributed by atoms with Gasteiger partial charge in [-0.05, 0) is 55.7 Å². The van der Waals surface area contributed by atoms with E-state index in [4.69, 9.17) is 10.5 Å². The molecule has 0 fully saturated rings. The summed E-state index contributed by atoms with van der Waals surface area (Å²) in [5.41, 5.74) is 6.14. The van der Waals surface area contributed by atoms with Crippen molar-refractivity contribution in [3.63, 3.8) is 0 Å². The van der Waals surface area contributed by atoms with Crippen molar-refractivity contribution in [2.45, 2.75) is 71.9 Å². The first-order valence-electron chi connectivity index (χ1n) is 8.03. The van der Waals surface area contributed by atoms with E-state index in [1.807, 2.05) is 46.8 Å². The molecule has 0 aromatic heterocycles. The number of esters is 1.